The molecule has 0 aromatic heterocycles. The normalized spacial score (nSPS) is 27.2. The van der Waals surface area contributed by atoms with Gasteiger partial charge < -0.3 is 15.4 Å². The van der Waals surface area contributed by atoms with E-state index in [2.05, 4.69) is 53.1 Å². The van der Waals surface area contributed by atoms with Gasteiger partial charge in [-0.1, -0.05) is 36.4 Å². The summed E-state index contributed by atoms with van der Waals surface area (Å²) in [6.07, 6.45) is 3.97. The number of hydrogen-bond acceptors (Lipinski definition) is 3. The number of carbonyl (C=O) groups is 1. The Kier molecular flexibility index (Phi) is 4.67. The third-order valence-electron chi connectivity index (χ3n) is 7.84. The summed E-state index contributed by atoms with van der Waals surface area (Å²) in [6, 6.07) is 24.9. The highest BCUT2D eigenvalue weighted by atomic mass is 16.5. The molecule has 162 valence electrons. The number of amides is 1. The molecule has 1 aliphatic heterocycles. The second-order valence-electron chi connectivity index (χ2n) is 9.46. The first kappa shape index (κ1) is 19.4. The number of ether oxygens (including phenoxy) is 1. The first-order valence-electron chi connectivity index (χ1n) is 11.6. The smallest absolute Gasteiger partial charge is 0.255 e. The molecule has 3 aromatic rings. The molecule has 1 amide bonds. The lowest BCUT2D eigenvalue weighted by Gasteiger charge is -2.43. The predicted octanol–water partition coefficient (Wildman–Crippen LogP) is 6.24. The van der Waals surface area contributed by atoms with Crippen LogP contribution in [0.25, 0.3) is 0 Å². The lowest BCUT2D eigenvalue weighted by Crippen LogP contribution is -2.35. The number of rotatable bonds is 4. The summed E-state index contributed by atoms with van der Waals surface area (Å²) in [4.78, 5) is 13.1. The quantitative estimate of drug-likeness (QED) is 0.521. The maximum Gasteiger partial charge on any atom is 0.255 e. The Bertz CT molecular complexity index is 1160. The molecule has 1 heterocycles. The van der Waals surface area contributed by atoms with E-state index >= 15 is 0 Å². The van der Waals surface area contributed by atoms with Crippen molar-refractivity contribution in [1.29, 1.82) is 0 Å². The molecule has 2 fully saturated rings. The Morgan fingerprint density at radius 3 is 2.66 bits per heavy atom. The van der Waals surface area contributed by atoms with Gasteiger partial charge in [0.2, 0.25) is 0 Å². The van der Waals surface area contributed by atoms with E-state index in [0.29, 0.717) is 23.4 Å². The first-order valence-corrected chi connectivity index (χ1v) is 11.6. The maximum atomic E-state index is 13.1. The highest BCUT2D eigenvalue weighted by Gasteiger charge is 2.53. The fourth-order valence-electron chi connectivity index (χ4n) is 6.52. The van der Waals surface area contributed by atoms with Gasteiger partial charge in [-0.15, -0.1) is 0 Å². The molecule has 0 saturated heterocycles. The molecular formula is C28H28N2O2. The van der Waals surface area contributed by atoms with E-state index in [9.17, 15) is 4.79 Å². The Balaban J connectivity index is 1.33. The van der Waals surface area contributed by atoms with Crippen molar-refractivity contribution in [2.24, 2.45) is 17.8 Å². The third kappa shape index (κ3) is 3.17. The molecule has 3 aliphatic rings. The number of hydrogen-bond donors (Lipinski definition) is 2. The third-order valence-corrected chi connectivity index (χ3v) is 7.84. The van der Waals surface area contributed by atoms with E-state index in [1.807, 2.05) is 30.3 Å². The Morgan fingerprint density at radius 1 is 0.969 bits per heavy atom. The lowest BCUT2D eigenvalue weighted by atomic mass is 9.68. The molecule has 5 atom stereocenters. The average Bonchev–Trinajstić information content (AvgIpc) is 3.47. The summed E-state index contributed by atoms with van der Waals surface area (Å²) in [6.45, 7) is 0. The topological polar surface area (TPSA) is 50.4 Å². The second-order valence-corrected chi connectivity index (χ2v) is 9.46. The van der Waals surface area contributed by atoms with Crippen molar-refractivity contribution < 1.29 is 9.53 Å². The number of methoxy groups -OCH3 is 1. The standard InChI is InChI=1S/C28H28N2O2/c1-32-22-9-5-8-21(16-22)29-28(31)20-12-13-24-23(15-20)25-18-10-11-19(14-18)26(25)27(30-24)17-6-3-2-4-7-17/h2-9,12-13,15-16,18-19,25-27,30H,10-11,14H2,1H3,(H,29,31)/t18-,19-,25-,26+,27+/m0/s1. The average molecular weight is 425 g/mol. The maximum absolute atomic E-state index is 13.1. The van der Waals surface area contributed by atoms with E-state index < -0.39 is 0 Å². The van der Waals surface area contributed by atoms with Crippen LogP contribution in [0.3, 0.4) is 0 Å². The molecule has 4 nitrogen and oxygen atoms in total. The van der Waals surface area contributed by atoms with Gasteiger partial charge in [0, 0.05) is 23.0 Å². The van der Waals surface area contributed by atoms with Gasteiger partial charge in [0.15, 0.2) is 0 Å². The predicted molar refractivity (Wildman–Crippen MR) is 127 cm³/mol. The van der Waals surface area contributed by atoms with Crippen molar-refractivity contribution in [3.63, 3.8) is 0 Å². The van der Waals surface area contributed by atoms with Crippen LogP contribution in [-0.4, -0.2) is 13.0 Å². The van der Waals surface area contributed by atoms with E-state index in [4.69, 9.17) is 4.74 Å². The van der Waals surface area contributed by atoms with E-state index in [1.165, 1.54) is 36.1 Å². The number of nitrogens with one attached hydrogen (secondary N) is 2. The van der Waals surface area contributed by atoms with E-state index in [1.54, 1.807) is 7.11 Å². The van der Waals surface area contributed by atoms with Crippen molar-refractivity contribution in [2.75, 3.05) is 17.7 Å². The Hall–Kier alpha value is -3.27. The van der Waals surface area contributed by atoms with Crippen LogP contribution in [-0.2, 0) is 0 Å². The Morgan fingerprint density at radius 2 is 1.81 bits per heavy atom. The fourth-order valence-corrected chi connectivity index (χ4v) is 6.52. The highest BCUT2D eigenvalue weighted by Crippen LogP contribution is 2.63. The molecule has 2 bridgehead atoms. The molecule has 4 heteroatoms. The van der Waals surface area contributed by atoms with Crippen molar-refractivity contribution in [3.05, 3.63) is 89.5 Å². The van der Waals surface area contributed by atoms with Crippen LogP contribution in [0, 0.1) is 17.8 Å². The molecule has 6 rings (SSSR count). The van der Waals surface area contributed by atoms with Crippen LogP contribution in [0.5, 0.6) is 5.75 Å². The largest absolute Gasteiger partial charge is 0.497 e. The minimum absolute atomic E-state index is 0.0778. The van der Waals surface area contributed by atoms with Gasteiger partial charge in [-0.2, -0.15) is 0 Å². The minimum atomic E-state index is -0.0778. The zero-order chi connectivity index (χ0) is 21.7. The van der Waals surface area contributed by atoms with E-state index in [-0.39, 0.29) is 5.91 Å². The van der Waals surface area contributed by atoms with E-state index in [0.717, 1.165) is 23.3 Å². The highest BCUT2D eigenvalue weighted by molar-refractivity contribution is 6.04. The van der Waals surface area contributed by atoms with Gasteiger partial charge in [0.05, 0.1) is 13.2 Å². The SMILES string of the molecule is COc1cccc(NC(=O)c2ccc3c(c2)[C@@H]2[C@H]4CC[C@@H](C4)[C@H]2[C@@H](c2ccccc2)N3)c1. The van der Waals surface area contributed by atoms with Gasteiger partial charge in [0.25, 0.3) is 5.91 Å². The van der Waals surface area contributed by atoms with Gasteiger partial charge in [-0.05, 0) is 84.4 Å². The summed E-state index contributed by atoms with van der Waals surface area (Å²) < 4.78 is 5.28. The molecule has 0 unspecified atom stereocenters. The van der Waals surface area contributed by atoms with Gasteiger partial charge in [-0.25, -0.2) is 0 Å². The molecule has 2 saturated carbocycles. The minimum Gasteiger partial charge on any atom is -0.497 e. The molecule has 3 aromatic carbocycles. The van der Waals surface area contributed by atoms with Gasteiger partial charge >= 0.3 is 0 Å². The zero-order valence-electron chi connectivity index (χ0n) is 18.3. The summed E-state index contributed by atoms with van der Waals surface area (Å²) in [7, 11) is 1.63. The molecular weight excluding hydrogens is 396 g/mol. The molecule has 0 spiro atoms. The lowest BCUT2D eigenvalue weighted by molar-refractivity contribution is 0.102. The number of benzene rings is 3. The molecule has 0 radical (unpaired) electrons. The monoisotopic (exact) mass is 424 g/mol. The van der Waals surface area contributed by atoms with Crippen molar-refractivity contribution in [3.8, 4) is 5.75 Å². The zero-order valence-corrected chi connectivity index (χ0v) is 18.3. The van der Waals surface area contributed by atoms with Crippen LogP contribution < -0.4 is 15.4 Å². The van der Waals surface area contributed by atoms with Crippen LogP contribution in [0.15, 0.2) is 72.8 Å². The summed E-state index contributed by atoms with van der Waals surface area (Å²) in [5, 5.41) is 6.88. The summed E-state index contributed by atoms with van der Waals surface area (Å²) in [5.41, 5.74) is 5.35. The van der Waals surface area contributed by atoms with Crippen LogP contribution >= 0.6 is 0 Å². The number of anilines is 2. The number of fused-ring (bicyclic) bond motifs is 7. The van der Waals surface area contributed by atoms with Crippen LogP contribution in [0.2, 0.25) is 0 Å². The van der Waals surface area contributed by atoms with Gasteiger partial charge in [0.1, 0.15) is 5.75 Å². The molecule has 2 N–H and O–H groups in total. The summed E-state index contributed by atoms with van der Waals surface area (Å²) in [5.74, 6) is 3.28. The van der Waals surface area contributed by atoms with Crippen molar-refractivity contribution >= 4 is 17.3 Å². The summed E-state index contributed by atoms with van der Waals surface area (Å²) >= 11 is 0. The second kappa shape index (κ2) is 7.70. The molecule has 2 aliphatic carbocycles. The first-order chi connectivity index (χ1) is 15.7. The van der Waals surface area contributed by atoms with Crippen LogP contribution in [0.4, 0.5) is 11.4 Å². The number of carbonyl (C=O) groups excluding carboxylic acids is 1. The van der Waals surface area contributed by atoms with Crippen LogP contribution in [0.1, 0.15) is 52.7 Å². The van der Waals surface area contributed by atoms with Crippen molar-refractivity contribution in [2.45, 2.75) is 31.2 Å². The fraction of sp³-hybridized carbons (Fsp3) is 0.321. The molecule has 32 heavy (non-hydrogen) atoms. The van der Waals surface area contributed by atoms with Gasteiger partial charge in [-0.3, -0.25) is 4.79 Å². The van der Waals surface area contributed by atoms with Crippen molar-refractivity contribution in [1.82, 2.24) is 0 Å². The Labute approximate surface area is 189 Å².